The fraction of sp³-hybridized carbons (Fsp3) is 0. The van der Waals surface area contributed by atoms with Gasteiger partial charge < -0.3 is 4.42 Å². The molecule has 0 aliphatic rings. The summed E-state index contributed by atoms with van der Waals surface area (Å²) in [6.45, 7) is 0. The van der Waals surface area contributed by atoms with Gasteiger partial charge >= 0.3 is 0 Å². The Morgan fingerprint density at radius 1 is 0.372 bits per heavy atom. The second-order valence-electron chi connectivity index (χ2n) is 9.86. The van der Waals surface area contributed by atoms with E-state index in [1.165, 1.54) is 6.07 Å². The Morgan fingerprint density at radius 2 is 0.907 bits per heavy atom. The van der Waals surface area contributed by atoms with Crippen LogP contribution in [0.3, 0.4) is 0 Å². The normalized spacial score (nSPS) is 17.9. The summed E-state index contributed by atoms with van der Waals surface area (Å²) in [7, 11) is 0. The van der Waals surface area contributed by atoms with Gasteiger partial charge in [-0.05, 0) is 96.0 Å². The monoisotopic (exact) mass is 565 g/mol. The van der Waals surface area contributed by atoms with Gasteiger partial charge in [-0.15, -0.1) is 0 Å². The molecule has 43 heavy (non-hydrogen) atoms. The number of hydrogen-bond donors (Lipinski definition) is 0. The number of benzene rings is 8. The number of rotatable bonds is 3. The molecule has 0 spiro atoms. The van der Waals surface area contributed by atoms with Crippen LogP contribution >= 0.6 is 0 Å². The van der Waals surface area contributed by atoms with Gasteiger partial charge in [-0.3, -0.25) is 0 Å². The number of para-hydroxylation sites is 1. The zero-order valence-electron chi connectivity index (χ0n) is 40.9. The molecule has 200 valence electrons. The van der Waals surface area contributed by atoms with Crippen LogP contribution in [0.5, 0.6) is 0 Å². The smallest absolute Gasteiger partial charge is 0.136 e. The lowest BCUT2D eigenvalue weighted by Gasteiger charge is -2.18. The lowest BCUT2D eigenvalue weighted by molar-refractivity contribution is 0.669. The highest BCUT2D eigenvalue weighted by molar-refractivity contribution is 6.21. The second-order valence-corrected chi connectivity index (χ2v) is 9.86. The van der Waals surface area contributed by atoms with E-state index in [0.717, 1.165) is 0 Å². The Morgan fingerprint density at radius 3 is 1.58 bits per heavy atom. The zero-order chi connectivity index (χ0) is 44.9. The van der Waals surface area contributed by atoms with E-state index in [-0.39, 0.29) is 83.9 Å². The Balaban J connectivity index is 1.35. The van der Waals surface area contributed by atoms with Crippen molar-refractivity contribution in [2.24, 2.45) is 0 Å². The second kappa shape index (κ2) is 9.44. The average Bonchev–Trinajstić information content (AvgIpc) is 3.64. The van der Waals surface area contributed by atoms with Crippen LogP contribution in [0, 0.1) is 0 Å². The molecule has 9 aromatic rings. The van der Waals surface area contributed by atoms with Crippen molar-refractivity contribution in [2.45, 2.75) is 0 Å². The van der Waals surface area contributed by atoms with E-state index in [2.05, 4.69) is 0 Å². The highest BCUT2D eigenvalue weighted by Gasteiger charge is 2.16. The Bertz CT molecular complexity index is 3460. The highest BCUT2D eigenvalue weighted by atomic mass is 16.3. The lowest BCUT2D eigenvalue weighted by atomic mass is 9.85. The summed E-state index contributed by atoms with van der Waals surface area (Å²) in [5.41, 5.74) is -0.293. The summed E-state index contributed by atoms with van der Waals surface area (Å²) in [4.78, 5) is 0. The van der Waals surface area contributed by atoms with E-state index >= 15 is 0 Å². The van der Waals surface area contributed by atoms with Crippen molar-refractivity contribution in [1.29, 1.82) is 0 Å². The van der Waals surface area contributed by atoms with Crippen LogP contribution in [-0.4, -0.2) is 0 Å². The molecule has 0 radical (unpaired) electrons. The Hall–Kier alpha value is -5.66. The van der Waals surface area contributed by atoms with Crippen molar-refractivity contribution in [3.05, 3.63) is 157 Å². The molecule has 0 saturated heterocycles. The van der Waals surface area contributed by atoms with Crippen LogP contribution in [0.15, 0.2) is 162 Å². The number of fused-ring (bicyclic) bond motifs is 6. The van der Waals surface area contributed by atoms with Gasteiger partial charge in [0.2, 0.25) is 0 Å². The maximum atomic E-state index is 9.20. The molecule has 0 saturated carbocycles. The minimum absolute atomic E-state index is 0.0254. The first-order valence-electron chi connectivity index (χ1n) is 22.7. The summed E-state index contributed by atoms with van der Waals surface area (Å²) in [5, 5.41) is 0.244. The predicted octanol–water partition coefficient (Wildman–Crippen LogP) is 12.0. The van der Waals surface area contributed by atoms with Crippen molar-refractivity contribution < 1.29 is 30.5 Å². The van der Waals surface area contributed by atoms with Gasteiger partial charge in [0.05, 0.1) is 26.0 Å². The third-order valence-corrected chi connectivity index (χ3v) is 7.51. The molecule has 0 bridgehead atoms. The molecular formula is C42H26O. The molecule has 0 aliphatic heterocycles. The van der Waals surface area contributed by atoms with Crippen LogP contribution in [0.2, 0.25) is 0 Å². The van der Waals surface area contributed by atoms with Crippen molar-refractivity contribution in [3.8, 4) is 33.4 Å². The predicted molar refractivity (Wildman–Crippen MR) is 183 cm³/mol. The Labute approximate surface area is 275 Å². The van der Waals surface area contributed by atoms with Crippen molar-refractivity contribution in [1.82, 2.24) is 0 Å². The van der Waals surface area contributed by atoms with E-state index in [1.807, 2.05) is 0 Å². The van der Waals surface area contributed by atoms with E-state index < -0.39 is 102 Å². The van der Waals surface area contributed by atoms with Crippen LogP contribution in [0.4, 0.5) is 0 Å². The van der Waals surface area contributed by atoms with Crippen LogP contribution < -0.4 is 0 Å². The molecule has 0 amide bonds. The van der Waals surface area contributed by atoms with Crippen molar-refractivity contribution in [3.63, 3.8) is 0 Å². The topological polar surface area (TPSA) is 13.1 Å². The maximum Gasteiger partial charge on any atom is 0.136 e. The first kappa shape index (κ1) is 11.9. The van der Waals surface area contributed by atoms with Gasteiger partial charge in [-0.2, -0.15) is 0 Å². The number of furan rings is 1. The van der Waals surface area contributed by atoms with Gasteiger partial charge in [0.1, 0.15) is 11.2 Å². The SMILES string of the molecule is [2H]c1cc2c(oc3c([2H])c([2H])c([2H])c([2H])c32)c([2H])c1-c1ccc2cc(-c3c4c([2H])c([2H])c([2H])c([2H])c4c(-c4c([2H])c([2H])c([2H])c([2H])c4[2H])c4c([2H])c([2H])c([2H])c([2H])c34)ccc2c1. The molecule has 0 atom stereocenters. The molecule has 0 fully saturated rings. The van der Waals surface area contributed by atoms with Crippen LogP contribution in [-0.2, 0) is 0 Å². The minimum atomic E-state index is -0.760. The summed E-state index contributed by atoms with van der Waals surface area (Å²) in [6, 6.07) is 0.0150. The third kappa shape index (κ3) is 3.79. The molecule has 1 nitrogen and oxygen atoms in total. The average molecular weight is 566 g/mol. The quantitative estimate of drug-likeness (QED) is 0.194. The maximum absolute atomic E-state index is 9.20. The van der Waals surface area contributed by atoms with E-state index in [0.29, 0.717) is 16.3 Å². The summed E-state index contributed by atoms with van der Waals surface area (Å²) < 4.78 is 171. The van der Waals surface area contributed by atoms with E-state index in [4.69, 9.17) is 27.7 Å². The fourth-order valence-corrected chi connectivity index (χ4v) is 5.61. The van der Waals surface area contributed by atoms with Gasteiger partial charge in [-0.25, -0.2) is 0 Å². The first-order valence-corrected chi connectivity index (χ1v) is 13.2. The fourth-order valence-electron chi connectivity index (χ4n) is 5.61. The molecule has 0 N–H and O–H groups in total. The summed E-state index contributed by atoms with van der Waals surface area (Å²) >= 11 is 0. The van der Waals surface area contributed by atoms with Crippen LogP contribution in [0.1, 0.15) is 26.0 Å². The molecule has 8 aromatic carbocycles. The van der Waals surface area contributed by atoms with E-state index in [1.54, 1.807) is 36.4 Å². The molecule has 0 aliphatic carbocycles. The zero-order valence-corrected chi connectivity index (χ0v) is 21.9. The van der Waals surface area contributed by atoms with Gasteiger partial charge in [-0.1, -0.05) is 127 Å². The Kier molecular flexibility index (Phi) is 2.61. The largest absolute Gasteiger partial charge is 0.456 e. The standard InChI is InChI=1S/C42H26O/c1-2-10-27(11-3-1)41-35-13-4-6-15-37(35)42(38-16-7-5-14-36(38)41)32-21-20-28-24-29(18-19-30(28)25-32)31-22-23-34-33-12-8-9-17-39(33)43-40(34)26-31/h1-26H/i1D,2D,3D,4D,5D,6D,7D,8D,9D,10D,11D,12D,13D,14D,15D,16D,17D,22D,26D. The molecule has 0 unspecified atom stereocenters. The van der Waals surface area contributed by atoms with Crippen LogP contribution in [0.25, 0.3) is 87.6 Å². The highest BCUT2D eigenvalue weighted by Crippen LogP contribution is 2.44. The molecule has 9 rings (SSSR count). The summed E-state index contributed by atoms with van der Waals surface area (Å²) in [6.07, 6.45) is 0. The van der Waals surface area contributed by atoms with Crippen molar-refractivity contribution >= 4 is 54.3 Å². The number of hydrogen-bond acceptors (Lipinski definition) is 1. The first-order chi connectivity index (χ1) is 29.2. The van der Waals surface area contributed by atoms with Crippen molar-refractivity contribution in [2.75, 3.05) is 0 Å². The summed E-state index contributed by atoms with van der Waals surface area (Å²) in [5.74, 6) is 0. The third-order valence-electron chi connectivity index (χ3n) is 7.51. The minimum Gasteiger partial charge on any atom is -0.456 e. The van der Waals surface area contributed by atoms with Gasteiger partial charge in [0, 0.05) is 10.8 Å². The van der Waals surface area contributed by atoms with Gasteiger partial charge in [0.15, 0.2) is 0 Å². The van der Waals surface area contributed by atoms with E-state index in [9.17, 15) is 2.74 Å². The molecule has 1 aromatic heterocycles. The molecular weight excluding hydrogens is 520 g/mol. The molecule has 1 heterocycles. The molecule has 1 heteroatoms. The lowest BCUT2D eigenvalue weighted by Crippen LogP contribution is -1.90. The van der Waals surface area contributed by atoms with Gasteiger partial charge in [0.25, 0.3) is 0 Å².